The highest BCUT2D eigenvalue weighted by molar-refractivity contribution is 7.90. The number of rotatable bonds is 8. The summed E-state index contributed by atoms with van der Waals surface area (Å²) in [7, 11) is -3.63. The topological polar surface area (TPSA) is 95.0 Å². The predicted octanol–water partition coefficient (Wildman–Crippen LogP) is 2.65. The van der Waals surface area contributed by atoms with Crippen LogP contribution in [0.25, 0.3) is 0 Å². The molecule has 33 heavy (non-hydrogen) atoms. The van der Waals surface area contributed by atoms with Gasteiger partial charge in [0.15, 0.2) is 0 Å². The number of benzene rings is 1. The second-order valence-electron chi connectivity index (χ2n) is 8.42. The lowest BCUT2D eigenvalue weighted by Gasteiger charge is -2.35. The third-order valence-corrected chi connectivity index (χ3v) is 8.47. The van der Waals surface area contributed by atoms with Gasteiger partial charge >= 0.3 is 0 Å². The Kier molecular flexibility index (Phi) is 7.45. The molecule has 1 amide bonds. The first-order valence-corrected chi connectivity index (χ1v) is 13.9. The minimum atomic E-state index is -3.63. The number of aliphatic imine (C=N–C) groups is 1. The first kappa shape index (κ1) is 23.8. The van der Waals surface area contributed by atoms with Crippen LogP contribution in [0.2, 0.25) is 0 Å². The van der Waals surface area contributed by atoms with E-state index in [2.05, 4.69) is 38.8 Å². The normalized spacial score (nSPS) is 19.9. The molecule has 0 saturated carbocycles. The standard InChI is InChI=1S/C23H31N5O3S2/c1-3-5-9-19(25-22-18-8-6-7-10-20(18)33(30,31)26-22)23(29)28-13-11-27(12-14-28)15-17-16-32-21(4-2)24-17/h6-8,10,16,19H,3-5,9,11-15H2,1-2H3,(H,25,26). The number of thiazole rings is 1. The highest BCUT2D eigenvalue weighted by Crippen LogP contribution is 2.24. The predicted molar refractivity (Wildman–Crippen MR) is 130 cm³/mol. The molecule has 2 aromatic rings. The van der Waals surface area contributed by atoms with Gasteiger partial charge in [0.25, 0.3) is 10.0 Å². The van der Waals surface area contributed by atoms with Crippen LogP contribution in [0.15, 0.2) is 39.5 Å². The molecule has 0 aliphatic carbocycles. The summed E-state index contributed by atoms with van der Waals surface area (Å²) < 4.78 is 27.4. The van der Waals surface area contributed by atoms with Gasteiger partial charge in [-0.05, 0) is 25.0 Å². The van der Waals surface area contributed by atoms with Crippen LogP contribution in [0.1, 0.15) is 49.4 Å². The van der Waals surface area contributed by atoms with E-state index in [1.54, 1.807) is 35.6 Å². The van der Waals surface area contributed by atoms with Crippen LogP contribution in [-0.2, 0) is 27.8 Å². The van der Waals surface area contributed by atoms with E-state index in [1.807, 2.05) is 4.90 Å². The lowest BCUT2D eigenvalue weighted by Crippen LogP contribution is -2.51. The van der Waals surface area contributed by atoms with E-state index >= 15 is 0 Å². The Hall–Kier alpha value is -2.30. The monoisotopic (exact) mass is 489 g/mol. The van der Waals surface area contributed by atoms with Gasteiger partial charge in [-0.3, -0.25) is 19.4 Å². The molecule has 10 heteroatoms. The number of piperazine rings is 1. The summed E-state index contributed by atoms with van der Waals surface area (Å²) >= 11 is 1.70. The molecule has 3 heterocycles. The number of nitrogens with zero attached hydrogens (tertiary/aromatic N) is 4. The number of aryl methyl sites for hydroxylation is 1. The average Bonchev–Trinajstić information content (AvgIpc) is 3.38. The van der Waals surface area contributed by atoms with Gasteiger partial charge in [0.1, 0.15) is 11.9 Å². The van der Waals surface area contributed by atoms with Crippen molar-refractivity contribution in [1.29, 1.82) is 0 Å². The molecule has 1 atom stereocenters. The van der Waals surface area contributed by atoms with Crippen molar-refractivity contribution >= 4 is 33.1 Å². The van der Waals surface area contributed by atoms with Gasteiger partial charge in [0, 0.05) is 43.7 Å². The summed E-state index contributed by atoms with van der Waals surface area (Å²) in [5.74, 6) is 0.245. The molecule has 1 fully saturated rings. The number of aromatic nitrogens is 1. The molecule has 4 rings (SSSR count). The molecule has 1 aromatic heterocycles. The molecule has 2 aliphatic rings. The fourth-order valence-corrected chi connectivity index (χ4v) is 6.15. The van der Waals surface area contributed by atoms with Gasteiger partial charge in [-0.2, -0.15) is 0 Å². The fraction of sp³-hybridized carbons (Fsp3) is 0.522. The molecular formula is C23H31N5O3S2. The Labute approximate surface area is 199 Å². The minimum absolute atomic E-state index is 0.0268. The number of unbranched alkanes of at least 4 members (excludes halogenated alkanes) is 1. The number of hydrogen-bond acceptors (Lipinski definition) is 7. The van der Waals surface area contributed by atoms with Crippen LogP contribution in [0.3, 0.4) is 0 Å². The molecule has 1 N–H and O–H groups in total. The number of hydrogen-bond donors (Lipinski definition) is 1. The van der Waals surface area contributed by atoms with Gasteiger partial charge in [-0.15, -0.1) is 11.3 Å². The molecule has 2 aliphatic heterocycles. The van der Waals surface area contributed by atoms with Crippen molar-refractivity contribution in [2.75, 3.05) is 26.2 Å². The van der Waals surface area contributed by atoms with Crippen LogP contribution < -0.4 is 4.72 Å². The molecule has 178 valence electrons. The maximum atomic E-state index is 13.4. The third-order valence-electron chi connectivity index (χ3n) is 6.04. The number of carbonyl (C=O) groups is 1. The molecule has 0 radical (unpaired) electrons. The Bertz CT molecular complexity index is 1120. The van der Waals surface area contributed by atoms with E-state index in [4.69, 9.17) is 0 Å². The second-order valence-corrected chi connectivity index (χ2v) is 11.0. The van der Waals surface area contributed by atoms with E-state index < -0.39 is 16.1 Å². The van der Waals surface area contributed by atoms with Crippen LogP contribution in [0, 0.1) is 0 Å². The van der Waals surface area contributed by atoms with Crippen molar-refractivity contribution in [3.63, 3.8) is 0 Å². The number of fused-ring (bicyclic) bond motifs is 1. The first-order valence-electron chi connectivity index (χ1n) is 11.6. The van der Waals surface area contributed by atoms with E-state index in [0.29, 0.717) is 25.1 Å². The smallest absolute Gasteiger partial charge is 0.263 e. The van der Waals surface area contributed by atoms with Crippen LogP contribution in [0.5, 0.6) is 0 Å². The van der Waals surface area contributed by atoms with Gasteiger partial charge in [-0.1, -0.05) is 38.8 Å². The zero-order valence-electron chi connectivity index (χ0n) is 19.2. The summed E-state index contributed by atoms with van der Waals surface area (Å²) in [6.45, 7) is 7.84. The highest BCUT2D eigenvalue weighted by atomic mass is 32.2. The summed E-state index contributed by atoms with van der Waals surface area (Å²) in [6.07, 6.45) is 3.35. The summed E-state index contributed by atoms with van der Waals surface area (Å²) in [5, 5.41) is 3.27. The SMILES string of the molecule is CCCCC(N=C1NS(=O)(=O)c2ccccc21)C(=O)N1CCN(Cc2csc(CC)n2)CC1. The lowest BCUT2D eigenvalue weighted by atomic mass is 10.1. The Morgan fingerprint density at radius 2 is 1.97 bits per heavy atom. The summed E-state index contributed by atoms with van der Waals surface area (Å²) in [5.41, 5.74) is 1.63. The van der Waals surface area contributed by atoms with Gasteiger partial charge in [-0.25, -0.2) is 13.4 Å². The summed E-state index contributed by atoms with van der Waals surface area (Å²) in [6, 6.07) is 6.17. The van der Waals surface area contributed by atoms with Crippen molar-refractivity contribution in [2.24, 2.45) is 4.99 Å². The minimum Gasteiger partial charge on any atom is -0.338 e. The highest BCUT2D eigenvalue weighted by Gasteiger charge is 2.33. The van der Waals surface area contributed by atoms with Gasteiger partial charge in [0.05, 0.1) is 15.6 Å². The number of amides is 1. The van der Waals surface area contributed by atoms with Crippen molar-refractivity contribution in [3.05, 3.63) is 45.9 Å². The number of nitrogens with one attached hydrogen (secondary N) is 1. The van der Waals surface area contributed by atoms with E-state index in [1.165, 1.54) is 0 Å². The zero-order chi connectivity index (χ0) is 23.4. The van der Waals surface area contributed by atoms with Crippen molar-refractivity contribution in [1.82, 2.24) is 19.5 Å². The second kappa shape index (κ2) is 10.3. The van der Waals surface area contributed by atoms with Crippen molar-refractivity contribution < 1.29 is 13.2 Å². The Morgan fingerprint density at radius 3 is 2.67 bits per heavy atom. The van der Waals surface area contributed by atoms with Crippen molar-refractivity contribution in [3.8, 4) is 0 Å². The molecule has 1 unspecified atom stereocenters. The van der Waals surface area contributed by atoms with E-state index in [9.17, 15) is 13.2 Å². The lowest BCUT2D eigenvalue weighted by molar-refractivity contribution is -0.134. The van der Waals surface area contributed by atoms with Crippen LogP contribution in [-0.4, -0.2) is 67.2 Å². The number of sulfonamides is 1. The summed E-state index contributed by atoms with van der Waals surface area (Å²) in [4.78, 5) is 27.1. The maximum absolute atomic E-state index is 13.4. The third kappa shape index (κ3) is 5.44. The fourth-order valence-electron chi connectivity index (χ4n) is 4.18. The Morgan fingerprint density at radius 1 is 1.21 bits per heavy atom. The van der Waals surface area contributed by atoms with E-state index in [0.717, 1.165) is 49.6 Å². The molecular weight excluding hydrogens is 458 g/mol. The maximum Gasteiger partial charge on any atom is 0.263 e. The average molecular weight is 490 g/mol. The number of amidine groups is 1. The number of carbonyl (C=O) groups excluding carboxylic acids is 1. The van der Waals surface area contributed by atoms with Crippen LogP contribution in [0.4, 0.5) is 0 Å². The zero-order valence-corrected chi connectivity index (χ0v) is 20.8. The largest absolute Gasteiger partial charge is 0.338 e. The molecule has 1 aromatic carbocycles. The Balaban J connectivity index is 1.44. The van der Waals surface area contributed by atoms with Crippen molar-refractivity contribution in [2.45, 2.75) is 57.0 Å². The van der Waals surface area contributed by atoms with E-state index in [-0.39, 0.29) is 16.6 Å². The molecule has 0 bridgehead atoms. The van der Waals surface area contributed by atoms with Crippen LogP contribution >= 0.6 is 11.3 Å². The molecule has 0 spiro atoms. The molecule has 1 saturated heterocycles. The van der Waals surface area contributed by atoms with Gasteiger partial charge < -0.3 is 4.90 Å². The van der Waals surface area contributed by atoms with Gasteiger partial charge in [0.2, 0.25) is 5.91 Å². The first-order chi connectivity index (χ1) is 15.9. The quantitative estimate of drug-likeness (QED) is 0.615. The molecule has 8 nitrogen and oxygen atoms in total.